The number of carboxylic acids is 1. The van der Waals surface area contributed by atoms with Crippen molar-refractivity contribution in [3.05, 3.63) is 59.2 Å². The van der Waals surface area contributed by atoms with Gasteiger partial charge in [0.25, 0.3) is 0 Å². The predicted molar refractivity (Wildman–Crippen MR) is 129 cm³/mol. The lowest BCUT2D eigenvalue weighted by Crippen LogP contribution is -2.77. The molecule has 3 aliphatic carbocycles. The number of aliphatic hydroxyl groups is 2. The lowest BCUT2D eigenvalue weighted by Gasteiger charge is -2.64. The van der Waals surface area contributed by atoms with E-state index in [1.807, 2.05) is 6.07 Å². The normalized spacial score (nSPS) is 34.6. The summed E-state index contributed by atoms with van der Waals surface area (Å²) in [6.07, 6.45) is 5.68. The molecule has 2 saturated carbocycles. The largest absolute Gasteiger partial charge is 0.504 e. The number of rotatable bonds is 3. The smallest absolute Gasteiger partial charge is 0.335 e. The van der Waals surface area contributed by atoms with Gasteiger partial charge in [0.1, 0.15) is 6.10 Å². The van der Waals surface area contributed by atoms with Crippen LogP contribution in [0, 0.1) is 5.92 Å². The van der Waals surface area contributed by atoms with Crippen LogP contribution in [0.1, 0.15) is 60.0 Å². The molecule has 7 heteroatoms. The van der Waals surface area contributed by atoms with Crippen molar-refractivity contribution in [1.29, 1.82) is 0 Å². The summed E-state index contributed by atoms with van der Waals surface area (Å²) in [5.41, 5.74) is 1.04. The maximum absolute atomic E-state index is 12.1. The third-order valence-corrected chi connectivity index (χ3v) is 9.28. The Bertz CT molecular complexity index is 1130. The lowest BCUT2D eigenvalue weighted by molar-refractivity contribution is -0.209. The highest BCUT2D eigenvalue weighted by Gasteiger charge is 2.72. The molecule has 0 aromatic heterocycles. The Hall–Kier alpha value is -2.61. The second kappa shape index (κ2) is 8.22. The number of benzene rings is 2. The van der Waals surface area contributed by atoms with Crippen molar-refractivity contribution in [2.24, 2.45) is 5.92 Å². The highest BCUT2D eigenvalue weighted by atomic mass is 16.5. The summed E-state index contributed by atoms with van der Waals surface area (Å²) in [6.45, 7) is 2.02. The van der Waals surface area contributed by atoms with E-state index in [1.165, 1.54) is 24.8 Å². The van der Waals surface area contributed by atoms with Crippen molar-refractivity contribution in [2.45, 2.75) is 74.2 Å². The number of hydrogen-bond acceptors (Lipinski definition) is 6. The maximum atomic E-state index is 12.1. The van der Waals surface area contributed by atoms with Crippen molar-refractivity contribution in [2.75, 3.05) is 13.1 Å². The number of hydrogen-bond donors (Lipinski definition) is 4. The van der Waals surface area contributed by atoms with Gasteiger partial charge >= 0.3 is 5.97 Å². The van der Waals surface area contributed by atoms with Crippen LogP contribution in [0.25, 0.3) is 0 Å². The number of phenolic OH excluding ortho intramolecular Hbond substituents is 1. The molecule has 5 atom stereocenters. The number of nitrogens with zero attached hydrogens (tertiary/aromatic N) is 1. The van der Waals surface area contributed by atoms with Gasteiger partial charge in [-0.3, -0.25) is 4.90 Å². The summed E-state index contributed by atoms with van der Waals surface area (Å²) in [7, 11) is 0. The van der Waals surface area contributed by atoms with Crippen molar-refractivity contribution in [1.82, 2.24) is 4.90 Å². The number of aromatic hydroxyl groups is 1. The summed E-state index contributed by atoms with van der Waals surface area (Å²) in [6, 6.07) is 12.1. The fourth-order valence-corrected chi connectivity index (χ4v) is 7.41. The Morgan fingerprint density at radius 1 is 1.09 bits per heavy atom. The zero-order valence-corrected chi connectivity index (χ0v) is 19.8. The third-order valence-electron chi connectivity index (χ3n) is 9.28. The minimum atomic E-state index is -0.884. The fraction of sp³-hybridized carbons (Fsp3) is 0.536. The molecular formula is C28H33NO6. The van der Waals surface area contributed by atoms with Gasteiger partial charge in [0, 0.05) is 18.2 Å². The van der Waals surface area contributed by atoms with E-state index in [0.29, 0.717) is 24.2 Å². The van der Waals surface area contributed by atoms with Gasteiger partial charge in [0.05, 0.1) is 22.7 Å². The first kappa shape index (κ1) is 22.8. The van der Waals surface area contributed by atoms with Gasteiger partial charge in [-0.25, -0.2) is 4.79 Å². The molecule has 4 N–H and O–H groups in total. The van der Waals surface area contributed by atoms with Gasteiger partial charge in [-0.1, -0.05) is 30.7 Å². The lowest BCUT2D eigenvalue weighted by atomic mass is 9.48. The summed E-state index contributed by atoms with van der Waals surface area (Å²) in [4.78, 5) is 12.7. The highest BCUT2D eigenvalue weighted by Crippen LogP contribution is 2.65. The number of ether oxygens (including phenoxy) is 1. The molecule has 2 aromatic rings. The van der Waals surface area contributed by atoms with E-state index < -0.39 is 29.2 Å². The molecule has 7 rings (SSSR count). The molecule has 35 heavy (non-hydrogen) atoms. The number of aromatic carboxylic acids is 1. The van der Waals surface area contributed by atoms with Crippen LogP contribution in [-0.4, -0.2) is 68.2 Å². The third kappa shape index (κ3) is 3.25. The first-order valence-electron chi connectivity index (χ1n) is 12.8. The molecule has 0 amide bonds. The van der Waals surface area contributed by atoms with Gasteiger partial charge in [0.2, 0.25) is 0 Å². The zero-order chi connectivity index (χ0) is 24.4. The van der Waals surface area contributed by atoms with Crippen LogP contribution in [0.3, 0.4) is 0 Å². The monoisotopic (exact) mass is 479 g/mol. The average Bonchev–Trinajstić information content (AvgIpc) is 3.18. The van der Waals surface area contributed by atoms with Gasteiger partial charge in [-0.15, -0.1) is 0 Å². The number of piperidine rings is 1. The first-order chi connectivity index (χ1) is 16.8. The Labute approximate surface area is 205 Å². The molecule has 3 fully saturated rings. The highest BCUT2D eigenvalue weighted by molar-refractivity contribution is 5.87. The number of carboxylic acid groups (broad SMARTS) is 1. The Kier molecular flexibility index (Phi) is 5.36. The van der Waals surface area contributed by atoms with Gasteiger partial charge in [0.15, 0.2) is 11.5 Å². The SMILES string of the molecule is O=C(O)c1ccccc1.Oc1ccc2c3c1O[C@H]1[C@@H](O)CC[C@@]4(O)[C@@H](C2)N(CC2CCC2)CC[C@]314. The zero-order valence-electron chi connectivity index (χ0n) is 19.8. The predicted octanol–water partition coefficient (Wildman–Crippen LogP) is 3.09. The molecule has 0 radical (unpaired) electrons. The molecule has 2 aliphatic heterocycles. The summed E-state index contributed by atoms with van der Waals surface area (Å²) in [5, 5.41) is 41.6. The molecular weight excluding hydrogens is 446 g/mol. The molecule has 0 unspecified atom stereocenters. The fourth-order valence-electron chi connectivity index (χ4n) is 7.41. The van der Waals surface area contributed by atoms with Crippen LogP contribution < -0.4 is 4.74 Å². The van der Waals surface area contributed by atoms with E-state index in [-0.39, 0.29) is 11.8 Å². The minimum Gasteiger partial charge on any atom is -0.504 e. The minimum absolute atomic E-state index is 0.0819. The Morgan fingerprint density at radius 2 is 1.86 bits per heavy atom. The quantitative estimate of drug-likeness (QED) is 0.535. The molecule has 7 nitrogen and oxygen atoms in total. The van der Waals surface area contributed by atoms with E-state index >= 15 is 0 Å². The topological polar surface area (TPSA) is 110 Å². The van der Waals surface area contributed by atoms with Crippen molar-refractivity contribution >= 4 is 5.97 Å². The van der Waals surface area contributed by atoms with E-state index in [9.17, 15) is 20.1 Å². The average molecular weight is 480 g/mol. The molecule has 5 aliphatic rings. The van der Waals surface area contributed by atoms with E-state index in [1.54, 1.807) is 36.4 Å². The van der Waals surface area contributed by atoms with Crippen LogP contribution in [-0.2, 0) is 11.8 Å². The molecule has 1 saturated heterocycles. The van der Waals surface area contributed by atoms with Crippen LogP contribution in [0.5, 0.6) is 11.5 Å². The number of likely N-dealkylation sites (tertiary alicyclic amines) is 1. The Balaban J connectivity index is 0.000000217. The summed E-state index contributed by atoms with van der Waals surface area (Å²) < 4.78 is 6.16. The van der Waals surface area contributed by atoms with Crippen molar-refractivity contribution in [3.63, 3.8) is 0 Å². The van der Waals surface area contributed by atoms with Gasteiger partial charge < -0.3 is 25.2 Å². The van der Waals surface area contributed by atoms with Gasteiger partial charge in [-0.2, -0.15) is 0 Å². The standard InChI is InChI=1S/C21H27NO4.C7H6O2/c23-14-5-4-13-10-16-21(25)7-6-15(24)19-20(21,17(13)18(14)26-19)8-9-22(16)11-12-2-1-3-12;8-7(9)6-4-2-1-3-5-6/h4-5,12,15-16,19,23-25H,1-3,6-11H2;1-5H,(H,8,9)/t15-,16+,19-,20-,21+;/m0./s1. The number of phenols is 1. The first-order valence-corrected chi connectivity index (χ1v) is 12.8. The summed E-state index contributed by atoms with van der Waals surface area (Å²) >= 11 is 0. The number of aliphatic hydroxyl groups excluding tert-OH is 1. The molecule has 2 bridgehead atoms. The second-order valence-corrected chi connectivity index (χ2v) is 10.9. The Morgan fingerprint density at radius 3 is 2.51 bits per heavy atom. The van der Waals surface area contributed by atoms with E-state index in [4.69, 9.17) is 9.84 Å². The molecule has 2 aromatic carbocycles. The van der Waals surface area contributed by atoms with Crippen LogP contribution in [0.15, 0.2) is 42.5 Å². The van der Waals surface area contributed by atoms with Crippen molar-refractivity contribution < 1.29 is 30.0 Å². The molecule has 2 heterocycles. The summed E-state index contributed by atoms with van der Waals surface area (Å²) in [5.74, 6) is 0.542. The van der Waals surface area contributed by atoms with Crippen LogP contribution in [0.4, 0.5) is 0 Å². The van der Waals surface area contributed by atoms with Crippen molar-refractivity contribution in [3.8, 4) is 11.5 Å². The van der Waals surface area contributed by atoms with E-state index in [0.717, 1.165) is 37.4 Å². The van der Waals surface area contributed by atoms with Gasteiger partial charge in [-0.05, 0) is 74.8 Å². The van der Waals surface area contributed by atoms with E-state index in [2.05, 4.69) is 4.90 Å². The molecule has 186 valence electrons. The molecule has 1 spiro atoms. The van der Waals surface area contributed by atoms with Crippen LogP contribution >= 0.6 is 0 Å². The van der Waals surface area contributed by atoms with Crippen LogP contribution in [0.2, 0.25) is 0 Å². The second-order valence-electron chi connectivity index (χ2n) is 10.9. The number of carbonyl (C=O) groups is 1. The maximum Gasteiger partial charge on any atom is 0.335 e.